The van der Waals surface area contributed by atoms with Gasteiger partial charge >= 0.3 is 0 Å². The van der Waals surface area contributed by atoms with E-state index in [2.05, 4.69) is 26.2 Å². The zero-order chi connectivity index (χ0) is 11.3. The van der Waals surface area contributed by atoms with Crippen LogP contribution in [0.15, 0.2) is 9.98 Å². The molecule has 4 nitrogen and oxygen atoms in total. The minimum atomic E-state index is 0.0330. The molecular weight excluding hydrogens is 278 g/mol. The first-order valence-corrected chi connectivity index (χ1v) is 6.39. The van der Waals surface area contributed by atoms with Gasteiger partial charge in [0.05, 0.1) is 6.54 Å². The van der Waals surface area contributed by atoms with Crippen LogP contribution in [0.2, 0.25) is 0 Å². The second kappa shape index (κ2) is 6.07. The molecule has 1 N–H and O–H groups in total. The largest absolute Gasteiger partial charge is 0.355 e. The molecule has 0 aliphatic rings. The lowest BCUT2D eigenvalue weighted by molar-refractivity contribution is -0.119. The standard InChI is InChI=1S/C9H14BrN3OS/c1-3-4-11-8(14)5-13(2)9-12-7(10)6-15-9/h6H,3-5H2,1-2H3,(H,11,14). The van der Waals surface area contributed by atoms with Crippen LogP contribution in [-0.2, 0) is 4.79 Å². The molecule has 1 aromatic rings. The van der Waals surface area contributed by atoms with Gasteiger partial charge in [-0.2, -0.15) is 0 Å². The molecule has 0 aromatic carbocycles. The summed E-state index contributed by atoms with van der Waals surface area (Å²) in [4.78, 5) is 17.5. The summed E-state index contributed by atoms with van der Waals surface area (Å²) in [5.41, 5.74) is 0. The van der Waals surface area contributed by atoms with E-state index in [4.69, 9.17) is 0 Å². The van der Waals surface area contributed by atoms with Crippen LogP contribution in [0, 0.1) is 0 Å². The summed E-state index contributed by atoms with van der Waals surface area (Å²) < 4.78 is 0.809. The molecule has 1 heterocycles. The SMILES string of the molecule is CCCNC(=O)CN(C)c1nc(Br)cs1. The molecule has 1 aromatic heterocycles. The molecule has 0 saturated carbocycles. The predicted octanol–water partition coefficient (Wildman–Crippen LogP) is 1.87. The number of carbonyl (C=O) groups excluding carboxylic acids is 1. The Morgan fingerprint density at radius 2 is 2.47 bits per heavy atom. The van der Waals surface area contributed by atoms with Gasteiger partial charge in [0.15, 0.2) is 5.13 Å². The Labute approximate surface area is 102 Å². The molecule has 0 radical (unpaired) electrons. The number of anilines is 1. The normalized spacial score (nSPS) is 10.1. The first kappa shape index (κ1) is 12.4. The van der Waals surface area contributed by atoms with Crippen molar-refractivity contribution >= 4 is 38.3 Å². The van der Waals surface area contributed by atoms with Crippen LogP contribution in [0.3, 0.4) is 0 Å². The molecule has 6 heteroatoms. The Kier molecular flexibility index (Phi) is 5.04. The van der Waals surface area contributed by atoms with E-state index in [9.17, 15) is 4.79 Å². The smallest absolute Gasteiger partial charge is 0.239 e. The highest BCUT2D eigenvalue weighted by Crippen LogP contribution is 2.22. The number of likely N-dealkylation sites (N-methyl/N-ethyl adjacent to an activating group) is 1. The lowest BCUT2D eigenvalue weighted by Gasteiger charge is -2.14. The van der Waals surface area contributed by atoms with E-state index in [1.54, 1.807) is 0 Å². The fourth-order valence-corrected chi connectivity index (χ4v) is 2.24. The van der Waals surface area contributed by atoms with Crippen molar-refractivity contribution < 1.29 is 4.79 Å². The summed E-state index contributed by atoms with van der Waals surface area (Å²) in [6.45, 7) is 3.11. The average Bonchev–Trinajstić information content (AvgIpc) is 2.61. The van der Waals surface area contributed by atoms with E-state index in [1.807, 2.05) is 24.3 Å². The Morgan fingerprint density at radius 3 is 3.00 bits per heavy atom. The number of halogens is 1. The Bertz CT molecular complexity index is 329. The Balaban J connectivity index is 2.41. The van der Waals surface area contributed by atoms with Gasteiger partial charge in [-0.1, -0.05) is 6.92 Å². The van der Waals surface area contributed by atoms with Crippen molar-refractivity contribution in [1.29, 1.82) is 0 Å². The fourth-order valence-electron chi connectivity index (χ4n) is 1.02. The molecular formula is C9H14BrN3OS. The summed E-state index contributed by atoms with van der Waals surface area (Å²) in [7, 11) is 1.86. The van der Waals surface area contributed by atoms with E-state index in [1.165, 1.54) is 11.3 Å². The van der Waals surface area contributed by atoms with Gasteiger partial charge in [-0.25, -0.2) is 4.98 Å². The second-order valence-electron chi connectivity index (χ2n) is 3.16. The van der Waals surface area contributed by atoms with Crippen LogP contribution in [0.1, 0.15) is 13.3 Å². The van der Waals surface area contributed by atoms with Crippen molar-refractivity contribution in [2.24, 2.45) is 0 Å². The van der Waals surface area contributed by atoms with Crippen molar-refractivity contribution in [3.63, 3.8) is 0 Å². The van der Waals surface area contributed by atoms with E-state index in [0.717, 1.165) is 22.7 Å². The molecule has 1 amide bonds. The van der Waals surface area contributed by atoms with Crippen LogP contribution in [0.25, 0.3) is 0 Å². The van der Waals surface area contributed by atoms with E-state index < -0.39 is 0 Å². The van der Waals surface area contributed by atoms with Crippen LogP contribution in [-0.4, -0.2) is 31.0 Å². The fraction of sp³-hybridized carbons (Fsp3) is 0.556. The number of amides is 1. The van der Waals surface area contributed by atoms with Crippen molar-refractivity contribution in [3.8, 4) is 0 Å². The van der Waals surface area contributed by atoms with Gasteiger partial charge in [0.2, 0.25) is 5.91 Å². The molecule has 0 aliphatic carbocycles. The summed E-state index contributed by atoms with van der Waals surface area (Å²) >= 11 is 4.79. The number of hydrogen-bond donors (Lipinski definition) is 1. The maximum Gasteiger partial charge on any atom is 0.239 e. The van der Waals surface area contributed by atoms with Gasteiger partial charge in [0.1, 0.15) is 4.60 Å². The molecule has 15 heavy (non-hydrogen) atoms. The van der Waals surface area contributed by atoms with Crippen LogP contribution >= 0.6 is 27.3 Å². The minimum absolute atomic E-state index is 0.0330. The number of aromatic nitrogens is 1. The van der Waals surface area contributed by atoms with Gasteiger partial charge in [0.25, 0.3) is 0 Å². The second-order valence-corrected chi connectivity index (χ2v) is 4.81. The van der Waals surface area contributed by atoms with Gasteiger partial charge in [-0.15, -0.1) is 11.3 Å². The zero-order valence-electron chi connectivity index (χ0n) is 8.79. The van der Waals surface area contributed by atoms with Crippen molar-refractivity contribution in [1.82, 2.24) is 10.3 Å². The Hall–Kier alpha value is -0.620. The van der Waals surface area contributed by atoms with Gasteiger partial charge in [0, 0.05) is 19.0 Å². The summed E-state index contributed by atoms with van der Waals surface area (Å²) in [5, 5.41) is 5.56. The quantitative estimate of drug-likeness (QED) is 0.901. The molecule has 0 fully saturated rings. The van der Waals surface area contributed by atoms with Gasteiger partial charge in [-0.3, -0.25) is 4.79 Å². The molecule has 0 unspecified atom stereocenters. The van der Waals surface area contributed by atoms with E-state index in [-0.39, 0.29) is 5.91 Å². The first-order valence-electron chi connectivity index (χ1n) is 4.72. The number of thiazole rings is 1. The minimum Gasteiger partial charge on any atom is -0.355 e. The molecule has 0 saturated heterocycles. The lowest BCUT2D eigenvalue weighted by Crippen LogP contribution is -2.35. The molecule has 0 atom stereocenters. The number of rotatable bonds is 5. The highest BCUT2D eigenvalue weighted by molar-refractivity contribution is 9.10. The maximum atomic E-state index is 11.4. The number of carbonyl (C=O) groups is 1. The van der Waals surface area contributed by atoms with Crippen molar-refractivity contribution in [2.45, 2.75) is 13.3 Å². The van der Waals surface area contributed by atoms with Crippen molar-refractivity contribution in [2.75, 3.05) is 25.0 Å². The predicted molar refractivity (Wildman–Crippen MR) is 66.4 cm³/mol. The molecule has 1 rings (SSSR count). The molecule has 0 aliphatic heterocycles. The third kappa shape index (κ3) is 4.17. The lowest BCUT2D eigenvalue weighted by atomic mass is 10.4. The average molecular weight is 292 g/mol. The van der Waals surface area contributed by atoms with Crippen molar-refractivity contribution in [3.05, 3.63) is 9.98 Å². The van der Waals surface area contributed by atoms with E-state index in [0.29, 0.717) is 6.54 Å². The summed E-state index contributed by atoms with van der Waals surface area (Å²) in [6, 6.07) is 0. The summed E-state index contributed by atoms with van der Waals surface area (Å²) in [6.07, 6.45) is 0.957. The van der Waals surface area contributed by atoms with Crippen LogP contribution < -0.4 is 10.2 Å². The van der Waals surface area contributed by atoms with Crippen LogP contribution in [0.4, 0.5) is 5.13 Å². The number of nitrogens with zero attached hydrogens (tertiary/aromatic N) is 2. The number of hydrogen-bond acceptors (Lipinski definition) is 4. The topological polar surface area (TPSA) is 45.2 Å². The highest BCUT2D eigenvalue weighted by Gasteiger charge is 2.09. The highest BCUT2D eigenvalue weighted by atomic mass is 79.9. The molecule has 0 bridgehead atoms. The third-order valence-corrected chi connectivity index (χ3v) is 3.41. The van der Waals surface area contributed by atoms with Crippen LogP contribution in [0.5, 0.6) is 0 Å². The maximum absolute atomic E-state index is 11.4. The van der Waals surface area contributed by atoms with Gasteiger partial charge < -0.3 is 10.2 Å². The molecule has 84 valence electrons. The monoisotopic (exact) mass is 291 g/mol. The number of nitrogens with one attached hydrogen (secondary N) is 1. The summed E-state index contributed by atoms with van der Waals surface area (Å²) in [5.74, 6) is 0.0330. The Morgan fingerprint density at radius 1 is 1.73 bits per heavy atom. The van der Waals surface area contributed by atoms with E-state index >= 15 is 0 Å². The molecule has 0 spiro atoms. The zero-order valence-corrected chi connectivity index (χ0v) is 11.2. The van der Waals surface area contributed by atoms with Gasteiger partial charge in [-0.05, 0) is 22.4 Å². The third-order valence-electron chi connectivity index (χ3n) is 1.74. The first-order chi connectivity index (χ1) is 7.13.